The molecule has 0 radical (unpaired) electrons. The topological polar surface area (TPSA) is 3.24 Å². The summed E-state index contributed by atoms with van der Waals surface area (Å²) >= 11 is 4.34. The van der Waals surface area contributed by atoms with Crippen molar-refractivity contribution >= 4 is 12.8 Å². The minimum absolute atomic E-state index is 0.731. The summed E-state index contributed by atoms with van der Waals surface area (Å²) in [5, 5.41) is 0. The van der Waals surface area contributed by atoms with E-state index in [0.29, 0.717) is 0 Å². The summed E-state index contributed by atoms with van der Waals surface area (Å²) in [6, 6.07) is 0. The van der Waals surface area contributed by atoms with E-state index in [4.69, 9.17) is 0 Å². The van der Waals surface area contributed by atoms with Crippen LogP contribution in [-0.4, -0.2) is 17.4 Å². The number of hydrogen-bond acceptors (Lipinski definition) is 2. The molecule has 0 saturated carbocycles. The molecule has 0 bridgehead atoms. The minimum atomic E-state index is 0.731. The zero-order valence-electron chi connectivity index (χ0n) is 7.30. The number of rotatable bonds is 5. The Morgan fingerprint density at radius 1 is 1.40 bits per heavy atom. The highest BCUT2D eigenvalue weighted by atomic mass is 32.1. The van der Waals surface area contributed by atoms with E-state index in [1.54, 1.807) is 0 Å². The molecule has 0 aromatic carbocycles. The first-order valence-electron chi connectivity index (χ1n) is 4.10. The first kappa shape index (κ1) is 10.3. The molecule has 0 atom stereocenters. The maximum Gasteiger partial charge on any atom is 0.0110 e. The summed E-state index contributed by atoms with van der Waals surface area (Å²) in [4.78, 5) is 0. The van der Waals surface area contributed by atoms with Crippen LogP contribution in [0.2, 0.25) is 0 Å². The number of nitrogens with zero attached hydrogens (tertiary/aromatic N) is 1. The second kappa shape index (κ2) is 6.05. The second-order valence-corrected chi connectivity index (χ2v) is 3.73. The summed E-state index contributed by atoms with van der Waals surface area (Å²) in [6.07, 6.45) is 2.52. The van der Waals surface area contributed by atoms with Crippen LogP contribution >= 0.6 is 12.8 Å². The Kier molecular flexibility index (Phi) is 6.24. The van der Waals surface area contributed by atoms with E-state index in [9.17, 15) is 0 Å². The molecule has 0 aliphatic heterocycles. The Morgan fingerprint density at radius 3 is 2.40 bits per heavy atom. The zero-order valence-corrected chi connectivity index (χ0v) is 8.19. The van der Waals surface area contributed by atoms with Crippen molar-refractivity contribution in [1.82, 2.24) is 4.31 Å². The molecule has 0 amide bonds. The lowest BCUT2D eigenvalue weighted by Crippen LogP contribution is -2.18. The van der Waals surface area contributed by atoms with Gasteiger partial charge in [-0.3, -0.25) is 4.31 Å². The number of hydrogen-bond donors (Lipinski definition) is 1. The van der Waals surface area contributed by atoms with Gasteiger partial charge in [0.1, 0.15) is 0 Å². The van der Waals surface area contributed by atoms with Gasteiger partial charge < -0.3 is 0 Å². The van der Waals surface area contributed by atoms with Gasteiger partial charge >= 0.3 is 0 Å². The highest BCUT2D eigenvalue weighted by molar-refractivity contribution is 7.77. The number of unbranched alkanes of at least 4 members (excludes halogenated alkanes) is 1. The molecular formula is C8H19NS. The molecular weight excluding hydrogens is 142 g/mol. The SMILES string of the molecule is CCCCN(S)CC(C)C. The van der Waals surface area contributed by atoms with Gasteiger partial charge in [0.25, 0.3) is 0 Å². The molecule has 0 aromatic rings. The average Bonchev–Trinajstić information content (AvgIpc) is 1.82. The zero-order chi connectivity index (χ0) is 7.98. The molecule has 1 nitrogen and oxygen atoms in total. The maximum atomic E-state index is 4.34. The Labute approximate surface area is 70.3 Å². The number of thiol groups is 1. The third-order valence-electron chi connectivity index (χ3n) is 1.35. The highest BCUT2D eigenvalue weighted by Crippen LogP contribution is 2.02. The average molecular weight is 161 g/mol. The minimum Gasteiger partial charge on any atom is -0.253 e. The van der Waals surface area contributed by atoms with E-state index in [1.165, 1.54) is 12.8 Å². The van der Waals surface area contributed by atoms with E-state index < -0.39 is 0 Å². The third-order valence-corrected chi connectivity index (χ3v) is 1.71. The predicted octanol–water partition coefficient (Wildman–Crippen LogP) is 2.59. The smallest absolute Gasteiger partial charge is 0.0110 e. The van der Waals surface area contributed by atoms with Gasteiger partial charge in [0.15, 0.2) is 0 Å². The van der Waals surface area contributed by atoms with Gasteiger partial charge in [0.2, 0.25) is 0 Å². The molecule has 0 spiro atoms. The van der Waals surface area contributed by atoms with Gasteiger partial charge in [-0.15, -0.1) is 0 Å². The molecule has 0 unspecified atom stereocenters. The summed E-state index contributed by atoms with van der Waals surface area (Å²) in [6.45, 7) is 8.86. The van der Waals surface area contributed by atoms with Crippen LogP contribution in [0, 0.1) is 5.92 Å². The lowest BCUT2D eigenvalue weighted by molar-refractivity contribution is 0.403. The van der Waals surface area contributed by atoms with Crippen LogP contribution in [0.1, 0.15) is 33.6 Å². The fourth-order valence-corrected chi connectivity index (χ4v) is 1.32. The fourth-order valence-electron chi connectivity index (χ4n) is 0.853. The lowest BCUT2D eigenvalue weighted by Gasteiger charge is -2.16. The van der Waals surface area contributed by atoms with E-state index >= 15 is 0 Å². The molecule has 0 aliphatic carbocycles. The molecule has 10 heavy (non-hydrogen) atoms. The van der Waals surface area contributed by atoms with Crippen LogP contribution in [0.3, 0.4) is 0 Å². The molecule has 0 N–H and O–H groups in total. The Balaban J connectivity index is 3.16. The molecule has 0 fully saturated rings. The van der Waals surface area contributed by atoms with Crippen molar-refractivity contribution in [3.63, 3.8) is 0 Å². The summed E-state index contributed by atoms with van der Waals surface area (Å²) < 4.78 is 2.11. The van der Waals surface area contributed by atoms with Crippen molar-refractivity contribution in [2.24, 2.45) is 5.92 Å². The summed E-state index contributed by atoms with van der Waals surface area (Å²) in [7, 11) is 0. The first-order valence-corrected chi connectivity index (χ1v) is 4.50. The van der Waals surface area contributed by atoms with E-state index in [0.717, 1.165) is 19.0 Å². The van der Waals surface area contributed by atoms with Crippen LogP contribution in [0.15, 0.2) is 0 Å². The normalized spacial score (nSPS) is 11.4. The van der Waals surface area contributed by atoms with Crippen molar-refractivity contribution in [3.05, 3.63) is 0 Å². The largest absolute Gasteiger partial charge is 0.253 e. The van der Waals surface area contributed by atoms with Crippen LogP contribution in [-0.2, 0) is 0 Å². The molecule has 0 aromatic heterocycles. The van der Waals surface area contributed by atoms with Gasteiger partial charge in [-0.25, -0.2) is 0 Å². The van der Waals surface area contributed by atoms with Gasteiger partial charge in [-0.05, 0) is 12.3 Å². The van der Waals surface area contributed by atoms with Gasteiger partial charge in [-0.2, -0.15) is 0 Å². The molecule has 2 heteroatoms. The molecule has 0 saturated heterocycles. The van der Waals surface area contributed by atoms with Crippen molar-refractivity contribution in [1.29, 1.82) is 0 Å². The Morgan fingerprint density at radius 2 is 2.00 bits per heavy atom. The second-order valence-electron chi connectivity index (χ2n) is 3.16. The Hall–Kier alpha value is 0.310. The van der Waals surface area contributed by atoms with Crippen LogP contribution in [0.4, 0.5) is 0 Å². The third kappa shape index (κ3) is 6.43. The van der Waals surface area contributed by atoms with Crippen molar-refractivity contribution < 1.29 is 0 Å². The van der Waals surface area contributed by atoms with E-state index in [2.05, 4.69) is 37.9 Å². The Bertz CT molecular complexity index is 73.7. The van der Waals surface area contributed by atoms with Gasteiger partial charge in [0.05, 0.1) is 0 Å². The lowest BCUT2D eigenvalue weighted by atomic mass is 10.2. The first-order chi connectivity index (χ1) is 4.66. The quantitative estimate of drug-likeness (QED) is 0.607. The van der Waals surface area contributed by atoms with Crippen molar-refractivity contribution in [2.75, 3.05) is 13.1 Å². The van der Waals surface area contributed by atoms with Crippen molar-refractivity contribution in [2.45, 2.75) is 33.6 Å². The molecule has 0 aliphatic rings. The summed E-state index contributed by atoms with van der Waals surface area (Å²) in [5.74, 6) is 0.731. The molecule has 0 heterocycles. The maximum absolute atomic E-state index is 4.34. The van der Waals surface area contributed by atoms with Gasteiger partial charge in [-0.1, -0.05) is 40.0 Å². The van der Waals surface area contributed by atoms with E-state index in [-0.39, 0.29) is 0 Å². The van der Waals surface area contributed by atoms with Crippen LogP contribution < -0.4 is 0 Å². The standard InChI is InChI=1S/C8H19NS/c1-4-5-6-9(10)7-8(2)3/h8,10H,4-7H2,1-3H3. The summed E-state index contributed by atoms with van der Waals surface area (Å²) in [5.41, 5.74) is 0. The predicted molar refractivity (Wildman–Crippen MR) is 50.3 cm³/mol. The van der Waals surface area contributed by atoms with Crippen LogP contribution in [0.5, 0.6) is 0 Å². The molecule has 0 rings (SSSR count). The van der Waals surface area contributed by atoms with Gasteiger partial charge in [0, 0.05) is 13.1 Å². The molecule has 62 valence electrons. The van der Waals surface area contributed by atoms with Crippen LogP contribution in [0.25, 0.3) is 0 Å². The van der Waals surface area contributed by atoms with Crippen molar-refractivity contribution in [3.8, 4) is 0 Å². The highest BCUT2D eigenvalue weighted by Gasteiger charge is 2.00. The monoisotopic (exact) mass is 161 g/mol. The fraction of sp³-hybridized carbons (Fsp3) is 1.00. The van der Waals surface area contributed by atoms with E-state index in [1.807, 2.05) is 0 Å².